The van der Waals surface area contributed by atoms with Gasteiger partial charge in [-0.3, -0.25) is 4.68 Å². The van der Waals surface area contributed by atoms with Gasteiger partial charge in [-0.2, -0.15) is 5.10 Å². The van der Waals surface area contributed by atoms with Crippen molar-refractivity contribution >= 4 is 0 Å². The van der Waals surface area contributed by atoms with Crippen molar-refractivity contribution in [2.75, 3.05) is 19.6 Å². The summed E-state index contributed by atoms with van der Waals surface area (Å²) in [5.74, 6) is 0. The van der Waals surface area contributed by atoms with E-state index in [0.717, 1.165) is 19.6 Å². The molecule has 2 rings (SSSR count). The van der Waals surface area contributed by atoms with Crippen LogP contribution in [0.3, 0.4) is 0 Å². The summed E-state index contributed by atoms with van der Waals surface area (Å²) >= 11 is 0. The van der Waals surface area contributed by atoms with Crippen LogP contribution in [0.5, 0.6) is 0 Å². The van der Waals surface area contributed by atoms with Gasteiger partial charge < -0.3 is 10.6 Å². The van der Waals surface area contributed by atoms with E-state index in [-0.39, 0.29) is 0 Å². The lowest BCUT2D eigenvalue weighted by molar-refractivity contribution is 0.379. The molecule has 1 atom stereocenters. The van der Waals surface area contributed by atoms with Crippen LogP contribution in [0.25, 0.3) is 0 Å². The normalized spacial score (nSPS) is 21.7. The Bertz CT molecular complexity index is 252. The Morgan fingerprint density at radius 1 is 1.47 bits per heavy atom. The summed E-state index contributed by atoms with van der Waals surface area (Å²) in [5, 5.41) is 11.2. The molecule has 0 spiro atoms. The van der Waals surface area contributed by atoms with Gasteiger partial charge in [-0.05, 0) is 25.5 Å². The molecule has 15 heavy (non-hydrogen) atoms. The smallest absolute Gasteiger partial charge is 0.0533 e. The summed E-state index contributed by atoms with van der Waals surface area (Å²) in [6, 6.07) is 2.64. The summed E-state index contributed by atoms with van der Waals surface area (Å²) in [6.45, 7) is 4.23. The molecule has 2 heterocycles. The molecule has 0 bridgehead atoms. The molecule has 0 radical (unpaired) electrons. The predicted molar refractivity (Wildman–Crippen MR) is 60.7 cm³/mol. The first-order chi connectivity index (χ1) is 7.45. The second-order valence-corrected chi connectivity index (χ2v) is 4.12. The summed E-state index contributed by atoms with van der Waals surface area (Å²) in [6.07, 6.45) is 7.85. The largest absolute Gasteiger partial charge is 0.313 e. The van der Waals surface area contributed by atoms with E-state index in [1.54, 1.807) is 0 Å². The minimum Gasteiger partial charge on any atom is -0.313 e. The Morgan fingerprint density at radius 3 is 3.20 bits per heavy atom. The Morgan fingerprint density at radius 2 is 2.47 bits per heavy atom. The molecule has 0 aliphatic carbocycles. The lowest BCUT2D eigenvalue weighted by Crippen LogP contribution is -2.42. The van der Waals surface area contributed by atoms with Gasteiger partial charge in [-0.1, -0.05) is 6.42 Å². The maximum absolute atomic E-state index is 4.16. The molecule has 1 aromatic heterocycles. The number of aromatic nitrogens is 2. The number of piperidine rings is 1. The third-order valence-electron chi connectivity index (χ3n) is 2.88. The SMILES string of the molecule is c1cnn(CCNCC2CCCCN2)c1. The second-order valence-electron chi connectivity index (χ2n) is 4.12. The van der Waals surface area contributed by atoms with Crippen LogP contribution in [-0.2, 0) is 6.54 Å². The molecule has 84 valence electrons. The van der Waals surface area contributed by atoms with E-state index < -0.39 is 0 Å². The fourth-order valence-corrected chi connectivity index (χ4v) is 2.00. The number of rotatable bonds is 5. The Hall–Kier alpha value is -0.870. The van der Waals surface area contributed by atoms with Crippen molar-refractivity contribution in [2.45, 2.75) is 31.8 Å². The lowest BCUT2D eigenvalue weighted by Gasteiger charge is -2.23. The first-order valence-electron chi connectivity index (χ1n) is 5.87. The van der Waals surface area contributed by atoms with Crippen molar-refractivity contribution in [1.29, 1.82) is 0 Å². The van der Waals surface area contributed by atoms with Crippen LogP contribution >= 0.6 is 0 Å². The van der Waals surface area contributed by atoms with E-state index >= 15 is 0 Å². The molecule has 1 aromatic rings. The Balaban J connectivity index is 1.54. The number of hydrogen-bond donors (Lipinski definition) is 2. The van der Waals surface area contributed by atoms with Gasteiger partial charge in [-0.15, -0.1) is 0 Å². The zero-order valence-corrected chi connectivity index (χ0v) is 9.15. The van der Waals surface area contributed by atoms with Gasteiger partial charge in [0.25, 0.3) is 0 Å². The molecule has 0 amide bonds. The standard InChI is InChI=1S/C11H20N4/c1-2-5-13-11(4-1)10-12-7-9-15-8-3-6-14-15/h3,6,8,11-13H,1-2,4-5,7,9-10H2. The lowest BCUT2D eigenvalue weighted by atomic mass is 10.1. The summed E-state index contributed by atoms with van der Waals surface area (Å²) in [5.41, 5.74) is 0. The Labute approximate surface area is 91.1 Å². The average molecular weight is 208 g/mol. The van der Waals surface area contributed by atoms with Crippen LogP contribution in [0.1, 0.15) is 19.3 Å². The van der Waals surface area contributed by atoms with Crippen LogP contribution in [-0.4, -0.2) is 35.5 Å². The molecular formula is C11H20N4. The summed E-state index contributed by atoms with van der Waals surface area (Å²) in [7, 11) is 0. The molecule has 1 aliphatic rings. The van der Waals surface area contributed by atoms with E-state index in [0.29, 0.717) is 6.04 Å². The highest BCUT2D eigenvalue weighted by Crippen LogP contribution is 2.05. The molecule has 1 fully saturated rings. The zero-order chi connectivity index (χ0) is 10.3. The van der Waals surface area contributed by atoms with Gasteiger partial charge in [0, 0.05) is 31.5 Å². The highest BCUT2D eigenvalue weighted by molar-refractivity contribution is 4.78. The molecule has 0 saturated carbocycles. The van der Waals surface area contributed by atoms with Gasteiger partial charge in [0.05, 0.1) is 6.54 Å². The highest BCUT2D eigenvalue weighted by Gasteiger charge is 2.10. The van der Waals surface area contributed by atoms with E-state index in [4.69, 9.17) is 0 Å². The molecule has 4 heteroatoms. The van der Waals surface area contributed by atoms with Crippen LogP contribution in [0.15, 0.2) is 18.5 Å². The monoisotopic (exact) mass is 208 g/mol. The molecule has 2 N–H and O–H groups in total. The number of nitrogens with zero attached hydrogens (tertiary/aromatic N) is 2. The molecule has 4 nitrogen and oxygen atoms in total. The third-order valence-corrected chi connectivity index (χ3v) is 2.88. The van der Waals surface area contributed by atoms with Gasteiger partial charge in [-0.25, -0.2) is 0 Å². The molecule has 1 unspecified atom stereocenters. The van der Waals surface area contributed by atoms with Crippen LogP contribution in [0, 0.1) is 0 Å². The maximum Gasteiger partial charge on any atom is 0.0533 e. The predicted octanol–water partition coefficient (Wildman–Crippen LogP) is 0.615. The molecule has 1 saturated heterocycles. The number of nitrogens with one attached hydrogen (secondary N) is 2. The topological polar surface area (TPSA) is 41.9 Å². The van der Waals surface area contributed by atoms with E-state index in [9.17, 15) is 0 Å². The van der Waals surface area contributed by atoms with Crippen molar-refractivity contribution in [3.05, 3.63) is 18.5 Å². The van der Waals surface area contributed by atoms with E-state index in [1.165, 1.54) is 25.8 Å². The van der Waals surface area contributed by atoms with Crippen molar-refractivity contribution < 1.29 is 0 Å². The number of hydrogen-bond acceptors (Lipinski definition) is 3. The Kier molecular flexibility index (Phi) is 4.17. The molecular weight excluding hydrogens is 188 g/mol. The average Bonchev–Trinajstić information content (AvgIpc) is 2.79. The maximum atomic E-state index is 4.16. The highest BCUT2D eigenvalue weighted by atomic mass is 15.3. The van der Waals surface area contributed by atoms with Gasteiger partial charge >= 0.3 is 0 Å². The van der Waals surface area contributed by atoms with Crippen molar-refractivity contribution in [3.8, 4) is 0 Å². The van der Waals surface area contributed by atoms with Crippen molar-refractivity contribution in [2.24, 2.45) is 0 Å². The van der Waals surface area contributed by atoms with Gasteiger partial charge in [0.1, 0.15) is 0 Å². The summed E-state index contributed by atoms with van der Waals surface area (Å²) < 4.78 is 1.96. The van der Waals surface area contributed by atoms with Crippen LogP contribution < -0.4 is 10.6 Å². The second kappa shape index (κ2) is 5.88. The first kappa shape index (κ1) is 10.6. The van der Waals surface area contributed by atoms with Gasteiger partial charge in [0.15, 0.2) is 0 Å². The van der Waals surface area contributed by atoms with Crippen LogP contribution in [0.2, 0.25) is 0 Å². The first-order valence-corrected chi connectivity index (χ1v) is 5.87. The summed E-state index contributed by atoms with van der Waals surface area (Å²) in [4.78, 5) is 0. The zero-order valence-electron chi connectivity index (χ0n) is 9.15. The van der Waals surface area contributed by atoms with Crippen LogP contribution in [0.4, 0.5) is 0 Å². The van der Waals surface area contributed by atoms with E-state index in [1.807, 2.05) is 23.1 Å². The molecule has 0 aromatic carbocycles. The fraction of sp³-hybridized carbons (Fsp3) is 0.727. The minimum absolute atomic E-state index is 0.677. The van der Waals surface area contributed by atoms with Crippen molar-refractivity contribution in [1.82, 2.24) is 20.4 Å². The quantitative estimate of drug-likeness (QED) is 0.697. The minimum atomic E-state index is 0.677. The van der Waals surface area contributed by atoms with Crippen molar-refractivity contribution in [3.63, 3.8) is 0 Å². The molecule has 1 aliphatic heterocycles. The van der Waals surface area contributed by atoms with E-state index in [2.05, 4.69) is 15.7 Å². The van der Waals surface area contributed by atoms with Gasteiger partial charge in [0.2, 0.25) is 0 Å². The fourth-order valence-electron chi connectivity index (χ4n) is 2.00. The third kappa shape index (κ3) is 3.64.